The second-order valence-corrected chi connectivity index (χ2v) is 15.7. The van der Waals surface area contributed by atoms with Gasteiger partial charge in [0, 0.05) is 30.0 Å². The Kier molecular flexibility index (Phi) is 10.4. The molecule has 0 bridgehead atoms. The van der Waals surface area contributed by atoms with E-state index in [4.69, 9.17) is 19.7 Å². The van der Waals surface area contributed by atoms with Crippen LogP contribution in [0.2, 0.25) is 0 Å². The number of benzene rings is 3. The summed E-state index contributed by atoms with van der Waals surface area (Å²) in [4.78, 5) is 57.6. The average Bonchev–Trinajstić information content (AvgIpc) is 3.45. The van der Waals surface area contributed by atoms with E-state index in [0.717, 1.165) is 41.2 Å². The van der Waals surface area contributed by atoms with Gasteiger partial charge in [-0.15, -0.1) is 0 Å². The van der Waals surface area contributed by atoms with Crippen molar-refractivity contribution >= 4 is 34.6 Å². The highest BCUT2D eigenvalue weighted by Gasteiger charge is 2.61. The van der Waals surface area contributed by atoms with E-state index in [0.29, 0.717) is 30.0 Å². The molecule has 2 aliphatic heterocycles. The maximum Gasteiger partial charge on any atom is 0.408 e. The second-order valence-electron chi connectivity index (χ2n) is 15.7. The van der Waals surface area contributed by atoms with Crippen molar-refractivity contribution in [2.45, 2.75) is 95.0 Å². The molecule has 3 aliphatic rings. The number of fused-ring (bicyclic) bond motifs is 3. The predicted molar refractivity (Wildman–Crippen MR) is 206 cm³/mol. The fourth-order valence-corrected chi connectivity index (χ4v) is 7.74. The summed E-state index contributed by atoms with van der Waals surface area (Å²) < 4.78 is 10.9. The molecule has 3 aromatic carbocycles. The minimum absolute atomic E-state index is 0.0541. The number of aliphatic carboxylic acids is 1. The molecule has 3 heterocycles. The molecule has 13 heteroatoms. The van der Waals surface area contributed by atoms with Crippen LogP contribution in [0, 0.1) is 5.92 Å². The highest BCUT2D eigenvalue weighted by atomic mass is 16.6. The lowest BCUT2D eigenvalue weighted by Gasteiger charge is -2.30. The van der Waals surface area contributed by atoms with Crippen molar-refractivity contribution < 1.29 is 33.8 Å². The zero-order chi connectivity index (χ0) is 38.9. The number of hydrogen-bond acceptors (Lipinski definition) is 8. The highest BCUT2D eigenvalue weighted by Crippen LogP contribution is 2.46. The minimum atomic E-state index is -1.46. The summed E-state index contributed by atoms with van der Waals surface area (Å²) in [5.74, 6) is -1.80. The van der Waals surface area contributed by atoms with Crippen LogP contribution in [0.4, 0.5) is 4.79 Å². The van der Waals surface area contributed by atoms with Crippen LogP contribution in [0.25, 0.3) is 33.3 Å². The first-order valence-corrected chi connectivity index (χ1v) is 19.0. The van der Waals surface area contributed by atoms with Crippen molar-refractivity contribution in [2.24, 2.45) is 5.92 Å². The Morgan fingerprint density at radius 2 is 1.71 bits per heavy atom. The summed E-state index contributed by atoms with van der Waals surface area (Å²) in [5.41, 5.74) is 0.665. The van der Waals surface area contributed by atoms with Gasteiger partial charge in [0.2, 0.25) is 11.8 Å². The van der Waals surface area contributed by atoms with Gasteiger partial charge in [-0.25, -0.2) is 9.59 Å². The summed E-state index contributed by atoms with van der Waals surface area (Å²) in [5, 5.41) is 28.0. The molecule has 13 nitrogen and oxygen atoms in total. The standard InChI is InChI=1S/C42H48N6O7/c1-41(2,3)55-40(53)43-33-18-9-7-5-6-8-15-28-24-42(28,39(51)52)44-37(49)34-23-29(25-47(34)38(33)50)48-45-35(27-19-21-30(54-4)22-20-27)36(46-48)32-17-12-14-26-13-10-11-16-31(26)32/h8,10-17,19-22,28-29,33-34H,5-7,9,18,23-25H2,1-4H3,(H,43,53)(H,44,49)(H,51,52)/t28-,29+,33-,34+,42+/m1/s1. The molecular formula is C42H48N6O7. The van der Waals surface area contributed by atoms with Gasteiger partial charge in [-0.3, -0.25) is 9.59 Å². The topological polar surface area (TPSA) is 165 Å². The lowest BCUT2D eigenvalue weighted by atomic mass is 9.99. The van der Waals surface area contributed by atoms with Crippen LogP contribution >= 0.6 is 0 Å². The summed E-state index contributed by atoms with van der Waals surface area (Å²) in [7, 11) is 1.60. The zero-order valence-corrected chi connectivity index (χ0v) is 31.7. The van der Waals surface area contributed by atoms with E-state index in [1.54, 1.807) is 32.7 Å². The number of ether oxygens (including phenoxy) is 2. The van der Waals surface area contributed by atoms with E-state index in [1.807, 2.05) is 78.9 Å². The van der Waals surface area contributed by atoms with Crippen LogP contribution in [-0.2, 0) is 19.1 Å². The molecule has 1 saturated carbocycles. The van der Waals surface area contributed by atoms with Crippen molar-refractivity contribution in [3.05, 3.63) is 78.9 Å². The molecular weight excluding hydrogens is 700 g/mol. The number of carbonyl (C=O) groups excluding carboxylic acids is 3. The van der Waals surface area contributed by atoms with Gasteiger partial charge in [0.25, 0.3) is 0 Å². The van der Waals surface area contributed by atoms with Gasteiger partial charge in [0.15, 0.2) is 0 Å². The van der Waals surface area contributed by atoms with Gasteiger partial charge in [-0.1, -0.05) is 67.5 Å². The zero-order valence-electron chi connectivity index (χ0n) is 31.7. The van der Waals surface area contributed by atoms with E-state index in [1.165, 1.54) is 4.90 Å². The number of methoxy groups -OCH3 is 1. The quantitative estimate of drug-likeness (QED) is 0.192. The molecule has 1 saturated heterocycles. The van der Waals surface area contributed by atoms with Gasteiger partial charge >= 0.3 is 12.1 Å². The first-order chi connectivity index (χ1) is 26.4. The molecule has 3 amide bonds. The summed E-state index contributed by atoms with van der Waals surface area (Å²) in [6.07, 6.45) is 6.86. The molecule has 4 aromatic rings. The van der Waals surface area contributed by atoms with E-state index in [2.05, 4.69) is 10.6 Å². The van der Waals surface area contributed by atoms with Crippen molar-refractivity contribution in [3.63, 3.8) is 0 Å². The Morgan fingerprint density at radius 3 is 2.45 bits per heavy atom. The van der Waals surface area contributed by atoms with Crippen LogP contribution < -0.4 is 15.4 Å². The number of rotatable bonds is 6. The summed E-state index contributed by atoms with van der Waals surface area (Å²) >= 11 is 0. The number of allylic oxidation sites excluding steroid dienone is 1. The molecule has 3 N–H and O–H groups in total. The number of hydrogen-bond donors (Lipinski definition) is 3. The lowest BCUT2D eigenvalue weighted by Crippen LogP contribution is -2.56. The number of alkyl carbamates (subject to hydrolysis) is 1. The molecule has 0 unspecified atom stereocenters. The monoisotopic (exact) mass is 748 g/mol. The normalized spacial score (nSPS) is 24.5. The molecule has 288 valence electrons. The number of aromatic nitrogens is 3. The fourth-order valence-electron chi connectivity index (χ4n) is 7.74. The van der Waals surface area contributed by atoms with Crippen molar-refractivity contribution in [3.8, 4) is 28.3 Å². The molecule has 5 atom stereocenters. The Hall–Kier alpha value is -5.72. The number of carboxylic acid groups (broad SMARTS) is 1. The molecule has 2 fully saturated rings. The van der Waals surface area contributed by atoms with E-state index in [9.17, 15) is 24.3 Å². The average molecular weight is 749 g/mol. The smallest absolute Gasteiger partial charge is 0.408 e. The molecule has 1 aromatic heterocycles. The van der Waals surface area contributed by atoms with Crippen LogP contribution in [0.1, 0.15) is 71.8 Å². The van der Waals surface area contributed by atoms with Crippen molar-refractivity contribution in [1.29, 1.82) is 0 Å². The predicted octanol–water partition coefficient (Wildman–Crippen LogP) is 6.29. The first-order valence-electron chi connectivity index (χ1n) is 19.0. The van der Waals surface area contributed by atoms with Crippen LogP contribution in [0.5, 0.6) is 5.75 Å². The first kappa shape index (κ1) is 37.6. The number of carbonyl (C=O) groups is 4. The van der Waals surface area contributed by atoms with E-state index in [-0.39, 0.29) is 25.3 Å². The van der Waals surface area contributed by atoms with Crippen LogP contribution in [-0.4, -0.2) is 85.8 Å². The molecule has 0 spiro atoms. The van der Waals surface area contributed by atoms with Crippen molar-refractivity contribution in [2.75, 3.05) is 13.7 Å². The van der Waals surface area contributed by atoms with E-state index >= 15 is 0 Å². The number of carboxylic acids is 1. The molecule has 55 heavy (non-hydrogen) atoms. The molecule has 7 rings (SSSR count). The number of nitrogens with zero attached hydrogens (tertiary/aromatic N) is 4. The van der Waals surface area contributed by atoms with Gasteiger partial charge < -0.3 is 30.1 Å². The van der Waals surface area contributed by atoms with Crippen molar-refractivity contribution in [1.82, 2.24) is 30.5 Å². The Labute approximate surface area is 320 Å². The van der Waals surface area contributed by atoms with Crippen LogP contribution in [0.3, 0.4) is 0 Å². The third kappa shape index (κ3) is 7.92. The molecule has 1 aliphatic carbocycles. The Bertz CT molecular complexity index is 2120. The third-order valence-electron chi connectivity index (χ3n) is 10.7. The largest absolute Gasteiger partial charge is 0.497 e. The van der Waals surface area contributed by atoms with E-state index < -0.39 is 53.1 Å². The molecule has 0 radical (unpaired) electrons. The maximum atomic E-state index is 14.6. The fraction of sp³-hybridized carbons (Fsp3) is 0.429. The minimum Gasteiger partial charge on any atom is -0.497 e. The van der Waals surface area contributed by atoms with Crippen LogP contribution in [0.15, 0.2) is 78.9 Å². The Balaban J connectivity index is 1.28. The summed E-state index contributed by atoms with van der Waals surface area (Å²) in [6.45, 7) is 5.30. The van der Waals surface area contributed by atoms with Gasteiger partial charge in [0.05, 0.1) is 13.2 Å². The van der Waals surface area contributed by atoms with Gasteiger partial charge in [-0.05, 0) is 81.5 Å². The second kappa shape index (κ2) is 15.2. The van der Waals surface area contributed by atoms with Gasteiger partial charge in [0.1, 0.15) is 40.4 Å². The Morgan fingerprint density at radius 1 is 0.964 bits per heavy atom. The number of amides is 3. The SMILES string of the molecule is COc1ccc(-c2nn([C@H]3C[C@H]4C(=O)N[C@@]5(C(=O)O)C[C@H]5C=CCCCCC[C@@H](NC(=O)OC(C)(C)C)C(=O)N4C3)nc2-c2cccc3ccccc23)cc1. The maximum absolute atomic E-state index is 14.6. The van der Waals surface area contributed by atoms with Gasteiger partial charge in [-0.2, -0.15) is 15.0 Å². The summed E-state index contributed by atoms with van der Waals surface area (Å²) in [6, 6.07) is 19.0. The number of nitrogens with one attached hydrogen (secondary N) is 2. The third-order valence-corrected chi connectivity index (χ3v) is 10.7. The lowest BCUT2D eigenvalue weighted by molar-refractivity contribution is -0.145. The highest BCUT2D eigenvalue weighted by molar-refractivity contribution is 5.99.